The molecule has 4 nitrogen and oxygen atoms in total. The largest absolute Gasteiger partial charge is 0.383 e. The fourth-order valence-electron chi connectivity index (χ4n) is 2.76. The fourth-order valence-corrected chi connectivity index (χ4v) is 2.76. The zero-order valence-electron chi connectivity index (χ0n) is 13.0. The molecule has 1 aromatic heterocycles. The Kier molecular flexibility index (Phi) is 5.49. The monoisotopic (exact) mass is 277 g/mol. The van der Waals surface area contributed by atoms with E-state index < -0.39 is 0 Å². The van der Waals surface area contributed by atoms with Gasteiger partial charge in [0.2, 0.25) is 0 Å². The normalized spacial score (nSPS) is 19.1. The maximum absolute atomic E-state index is 5.02. The topological polar surface area (TPSA) is 47.0 Å². The quantitative estimate of drug-likeness (QED) is 0.812. The summed E-state index contributed by atoms with van der Waals surface area (Å²) in [5, 5.41) is 3.33. The molecule has 1 aromatic rings. The second-order valence-corrected chi connectivity index (χ2v) is 6.51. The first-order valence-corrected chi connectivity index (χ1v) is 7.62. The highest BCUT2D eigenvalue weighted by Gasteiger charge is 2.28. The van der Waals surface area contributed by atoms with Crippen molar-refractivity contribution < 1.29 is 4.74 Å². The first-order chi connectivity index (χ1) is 9.61. The van der Waals surface area contributed by atoms with Gasteiger partial charge in [-0.3, -0.25) is 0 Å². The molecule has 1 N–H and O–H groups in total. The Hall–Kier alpha value is -1.00. The summed E-state index contributed by atoms with van der Waals surface area (Å²) in [7, 11) is 1.72. The predicted octanol–water partition coefficient (Wildman–Crippen LogP) is 2.90. The van der Waals surface area contributed by atoms with Crippen molar-refractivity contribution in [3.05, 3.63) is 23.8 Å². The van der Waals surface area contributed by atoms with E-state index in [-0.39, 0.29) is 0 Å². The van der Waals surface area contributed by atoms with Crippen molar-refractivity contribution in [1.29, 1.82) is 0 Å². The van der Waals surface area contributed by atoms with E-state index in [1.165, 1.54) is 25.7 Å². The first kappa shape index (κ1) is 15.4. The summed E-state index contributed by atoms with van der Waals surface area (Å²) in [5.74, 6) is 1.58. The van der Waals surface area contributed by atoms with Crippen LogP contribution in [0.15, 0.2) is 12.3 Å². The minimum Gasteiger partial charge on any atom is -0.383 e. The zero-order valence-corrected chi connectivity index (χ0v) is 13.0. The molecule has 0 bridgehead atoms. The number of ether oxygens (including phenoxy) is 1. The maximum Gasteiger partial charge on any atom is 0.131 e. The van der Waals surface area contributed by atoms with Crippen LogP contribution in [0.1, 0.15) is 57.0 Å². The van der Waals surface area contributed by atoms with Gasteiger partial charge >= 0.3 is 0 Å². The minimum absolute atomic E-state index is 0.496. The zero-order chi connectivity index (χ0) is 14.4. The third-order valence-electron chi connectivity index (χ3n) is 4.23. The molecule has 4 heteroatoms. The standard InChI is InChI=1S/C16H27N3O/c1-16(2)7-4-13(5-8-16)15-18-9-6-14(19-15)12-17-10-11-20-3/h6,9,13,17H,4-5,7-8,10-12H2,1-3H3. The number of hydrogen-bond acceptors (Lipinski definition) is 4. The van der Waals surface area contributed by atoms with Gasteiger partial charge in [-0.05, 0) is 37.2 Å². The van der Waals surface area contributed by atoms with Crippen molar-refractivity contribution in [1.82, 2.24) is 15.3 Å². The van der Waals surface area contributed by atoms with Crippen LogP contribution in [0.2, 0.25) is 0 Å². The van der Waals surface area contributed by atoms with Gasteiger partial charge < -0.3 is 10.1 Å². The van der Waals surface area contributed by atoms with E-state index in [1.807, 2.05) is 12.3 Å². The van der Waals surface area contributed by atoms with Gasteiger partial charge in [-0.25, -0.2) is 9.97 Å². The molecule has 1 fully saturated rings. The van der Waals surface area contributed by atoms with E-state index in [2.05, 4.69) is 24.1 Å². The Morgan fingerprint density at radius 2 is 2.10 bits per heavy atom. The van der Waals surface area contributed by atoms with Crippen molar-refractivity contribution in [3.8, 4) is 0 Å². The van der Waals surface area contributed by atoms with Crippen LogP contribution in [0.25, 0.3) is 0 Å². The van der Waals surface area contributed by atoms with Crippen LogP contribution in [0.5, 0.6) is 0 Å². The predicted molar refractivity (Wildman–Crippen MR) is 80.6 cm³/mol. The molecule has 0 radical (unpaired) electrons. The van der Waals surface area contributed by atoms with Gasteiger partial charge in [-0.2, -0.15) is 0 Å². The molecule has 0 aliphatic heterocycles. The molecule has 1 saturated carbocycles. The molecule has 1 aliphatic carbocycles. The number of rotatable bonds is 6. The van der Waals surface area contributed by atoms with Crippen LogP contribution in [0.4, 0.5) is 0 Å². The van der Waals surface area contributed by atoms with Crippen LogP contribution >= 0.6 is 0 Å². The highest BCUT2D eigenvalue weighted by atomic mass is 16.5. The molecule has 2 rings (SSSR count). The molecule has 0 spiro atoms. The third kappa shape index (κ3) is 4.53. The lowest BCUT2D eigenvalue weighted by molar-refractivity contribution is 0.199. The lowest BCUT2D eigenvalue weighted by Crippen LogP contribution is -2.22. The fraction of sp³-hybridized carbons (Fsp3) is 0.750. The average molecular weight is 277 g/mol. The van der Waals surface area contributed by atoms with Crippen LogP contribution in [-0.4, -0.2) is 30.2 Å². The average Bonchev–Trinajstić information content (AvgIpc) is 2.44. The Morgan fingerprint density at radius 1 is 1.35 bits per heavy atom. The van der Waals surface area contributed by atoms with Crippen LogP contribution in [0.3, 0.4) is 0 Å². The maximum atomic E-state index is 5.02. The van der Waals surface area contributed by atoms with Gasteiger partial charge in [0.25, 0.3) is 0 Å². The van der Waals surface area contributed by atoms with E-state index in [9.17, 15) is 0 Å². The Bertz CT molecular complexity index is 410. The van der Waals surface area contributed by atoms with Gasteiger partial charge in [-0.1, -0.05) is 13.8 Å². The van der Waals surface area contributed by atoms with Gasteiger partial charge in [0.05, 0.1) is 12.3 Å². The van der Waals surface area contributed by atoms with E-state index in [1.54, 1.807) is 7.11 Å². The van der Waals surface area contributed by atoms with E-state index >= 15 is 0 Å². The van der Waals surface area contributed by atoms with Gasteiger partial charge in [0, 0.05) is 32.3 Å². The number of aromatic nitrogens is 2. The molecule has 0 amide bonds. The van der Waals surface area contributed by atoms with E-state index in [0.717, 1.165) is 31.2 Å². The summed E-state index contributed by atoms with van der Waals surface area (Å²) in [6.45, 7) is 7.10. The second-order valence-electron chi connectivity index (χ2n) is 6.51. The number of nitrogens with zero attached hydrogens (tertiary/aromatic N) is 2. The number of nitrogens with one attached hydrogen (secondary N) is 1. The summed E-state index contributed by atoms with van der Waals surface area (Å²) in [6, 6.07) is 2.00. The van der Waals surface area contributed by atoms with Crippen molar-refractivity contribution in [2.75, 3.05) is 20.3 Å². The van der Waals surface area contributed by atoms with E-state index in [0.29, 0.717) is 11.3 Å². The lowest BCUT2D eigenvalue weighted by atomic mass is 9.73. The van der Waals surface area contributed by atoms with Crippen molar-refractivity contribution in [2.24, 2.45) is 5.41 Å². The smallest absolute Gasteiger partial charge is 0.131 e. The summed E-state index contributed by atoms with van der Waals surface area (Å²) in [5.41, 5.74) is 1.58. The van der Waals surface area contributed by atoms with Gasteiger partial charge in [-0.15, -0.1) is 0 Å². The van der Waals surface area contributed by atoms with Crippen LogP contribution < -0.4 is 5.32 Å². The molecule has 20 heavy (non-hydrogen) atoms. The molecule has 1 heterocycles. The molecule has 0 unspecified atom stereocenters. The molecule has 112 valence electrons. The van der Waals surface area contributed by atoms with Gasteiger partial charge in [0.1, 0.15) is 5.82 Å². The van der Waals surface area contributed by atoms with Crippen LogP contribution in [-0.2, 0) is 11.3 Å². The highest BCUT2D eigenvalue weighted by Crippen LogP contribution is 2.41. The molecule has 0 saturated heterocycles. The molecule has 0 aromatic carbocycles. The summed E-state index contributed by atoms with van der Waals surface area (Å²) in [6.07, 6.45) is 6.88. The Morgan fingerprint density at radius 3 is 2.80 bits per heavy atom. The van der Waals surface area contributed by atoms with Crippen molar-refractivity contribution in [3.63, 3.8) is 0 Å². The Balaban J connectivity index is 1.89. The molecule has 0 atom stereocenters. The lowest BCUT2D eigenvalue weighted by Gasteiger charge is -2.33. The minimum atomic E-state index is 0.496. The van der Waals surface area contributed by atoms with E-state index in [4.69, 9.17) is 9.72 Å². The molecular weight excluding hydrogens is 250 g/mol. The van der Waals surface area contributed by atoms with Gasteiger partial charge in [0.15, 0.2) is 0 Å². The SMILES string of the molecule is COCCNCc1ccnc(C2CCC(C)(C)CC2)n1. The first-order valence-electron chi connectivity index (χ1n) is 7.62. The highest BCUT2D eigenvalue weighted by molar-refractivity contribution is 5.07. The number of methoxy groups -OCH3 is 1. The molecule has 1 aliphatic rings. The van der Waals surface area contributed by atoms with Crippen molar-refractivity contribution >= 4 is 0 Å². The third-order valence-corrected chi connectivity index (χ3v) is 4.23. The van der Waals surface area contributed by atoms with Crippen LogP contribution in [0, 0.1) is 5.41 Å². The Labute approximate surface area is 122 Å². The number of hydrogen-bond donors (Lipinski definition) is 1. The summed E-state index contributed by atoms with van der Waals surface area (Å²) in [4.78, 5) is 9.22. The summed E-state index contributed by atoms with van der Waals surface area (Å²) < 4.78 is 5.02. The molecular formula is C16H27N3O. The summed E-state index contributed by atoms with van der Waals surface area (Å²) >= 11 is 0. The second kappa shape index (κ2) is 7.14. The van der Waals surface area contributed by atoms with Crippen molar-refractivity contribution in [2.45, 2.75) is 52.0 Å².